The fourth-order valence-corrected chi connectivity index (χ4v) is 6.79. The zero-order valence-electron chi connectivity index (χ0n) is 18.0. The molecule has 2 saturated heterocycles. The molecule has 4 aliphatic rings. The number of allylic oxidation sites excluding steroid dienone is 1. The number of anilines is 1. The van der Waals surface area contributed by atoms with Crippen LogP contribution < -0.4 is 4.90 Å². The van der Waals surface area contributed by atoms with E-state index in [1.807, 2.05) is 18.2 Å². The molecule has 0 bridgehead atoms. The zero-order chi connectivity index (χ0) is 20.9. The largest absolute Gasteiger partial charge is 0.462 e. The van der Waals surface area contributed by atoms with Gasteiger partial charge in [-0.3, -0.25) is 9.69 Å². The number of piperazine rings is 1. The third kappa shape index (κ3) is 3.67. The first-order valence-corrected chi connectivity index (χ1v) is 11.9. The van der Waals surface area contributed by atoms with Crippen LogP contribution in [0.1, 0.15) is 39.0 Å². The van der Waals surface area contributed by atoms with Crippen molar-refractivity contribution in [1.82, 2.24) is 4.90 Å². The maximum atomic E-state index is 12.8. The lowest BCUT2D eigenvalue weighted by Crippen LogP contribution is -2.50. The average molecular weight is 429 g/mol. The molecule has 30 heavy (non-hydrogen) atoms. The summed E-state index contributed by atoms with van der Waals surface area (Å²) in [5, 5.41) is 0.781. The summed E-state index contributed by atoms with van der Waals surface area (Å²) in [7, 11) is 0. The average Bonchev–Trinajstić information content (AvgIpc) is 3.01. The van der Waals surface area contributed by atoms with E-state index >= 15 is 0 Å². The van der Waals surface area contributed by atoms with Crippen molar-refractivity contribution in [2.45, 2.75) is 45.1 Å². The van der Waals surface area contributed by atoms with Gasteiger partial charge in [0.2, 0.25) is 0 Å². The van der Waals surface area contributed by atoms with Crippen LogP contribution in [0.4, 0.5) is 5.69 Å². The Kier molecular flexibility index (Phi) is 5.35. The quantitative estimate of drug-likeness (QED) is 0.512. The highest BCUT2D eigenvalue weighted by molar-refractivity contribution is 6.30. The van der Waals surface area contributed by atoms with Gasteiger partial charge in [-0.1, -0.05) is 36.7 Å². The number of nitrogens with zero attached hydrogens (tertiary/aromatic N) is 2. The van der Waals surface area contributed by atoms with E-state index in [-0.39, 0.29) is 23.4 Å². The van der Waals surface area contributed by atoms with Crippen molar-refractivity contribution < 1.29 is 9.53 Å². The second kappa shape index (κ2) is 7.87. The summed E-state index contributed by atoms with van der Waals surface area (Å²) in [6.07, 6.45) is 5.85. The molecule has 1 aromatic rings. The van der Waals surface area contributed by atoms with Crippen LogP contribution in [0.15, 0.2) is 36.4 Å². The number of halogens is 1. The van der Waals surface area contributed by atoms with Gasteiger partial charge < -0.3 is 9.64 Å². The molecule has 2 saturated carbocycles. The van der Waals surface area contributed by atoms with Crippen molar-refractivity contribution in [1.29, 1.82) is 0 Å². The molecule has 2 heterocycles. The first kappa shape index (κ1) is 20.4. The number of rotatable bonds is 3. The fourth-order valence-electron chi connectivity index (χ4n) is 6.60. The lowest BCUT2D eigenvalue weighted by molar-refractivity contribution is -0.146. The van der Waals surface area contributed by atoms with Gasteiger partial charge in [0.15, 0.2) is 0 Å². The van der Waals surface area contributed by atoms with Crippen LogP contribution in [-0.2, 0) is 9.53 Å². The molecule has 2 aliphatic heterocycles. The number of benzene rings is 1. The van der Waals surface area contributed by atoms with Crippen molar-refractivity contribution >= 4 is 23.3 Å². The van der Waals surface area contributed by atoms with Gasteiger partial charge in [-0.25, -0.2) is 0 Å². The minimum Gasteiger partial charge on any atom is -0.462 e. The van der Waals surface area contributed by atoms with Crippen LogP contribution in [-0.4, -0.2) is 49.7 Å². The number of fused-ring (bicyclic) bond motifs is 2. The summed E-state index contributed by atoms with van der Waals surface area (Å²) in [5.41, 5.74) is 2.87. The molecule has 2 aliphatic carbocycles. The third-order valence-corrected chi connectivity index (χ3v) is 8.56. The number of carbonyl (C=O) groups is 1. The molecule has 4 nitrogen and oxygen atoms in total. The molecule has 162 valence electrons. The van der Waals surface area contributed by atoms with E-state index in [4.69, 9.17) is 16.3 Å². The van der Waals surface area contributed by atoms with Gasteiger partial charge in [0, 0.05) is 49.4 Å². The number of esters is 1. The smallest absolute Gasteiger partial charge is 0.310 e. The van der Waals surface area contributed by atoms with Crippen molar-refractivity contribution in [3.8, 4) is 0 Å². The van der Waals surface area contributed by atoms with E-state index in [0.29, 0.717) is 11.8 Å². The molecule has 0 spiro atoms. The summed E-state index contributed by atoms with van der Waals surface area (Å²) in [5.74, 6) is 0.975. The molecule has 0 N–H and O–H groups in total. The molecule has 4 fully saturated rings. The van der Waals surface area contributed by atoms with Gasteiger partial charge in [-0.15, -0.1) is 0 Å². The lowest BCUT2D eigenvalue weighted by Gasteiger charge is -2.50. The van der Waals surface area contributed by atoms with Gasteiger partial charge in [0.25, 0.3) is 0 Å². The molecule has 5 atom stereocenters. The zero-order valence-corrected chi connectivity index (χ0v) is 18.7. The summed E-state index contributed by atoms with van der Waals surface area (Å²) in [4.78, 5) is 17.7. The first-order chi connectivity index (χ1) is 14.4. The molecular formula is C25H33ClN2O2. The van der Waals surface area contributed by atoms with Crippen LogP contribution in [0.3, 0.4) is 0 Å². The minimum atomic E-state index is 0.0204. The Hall–Kier alpha value is -1.52. The second-order valence-electron chi connectivity index (χ2n) is 10.2. The van der Waals surface area contributed by atoms with Crippen molar-refractivity contribution in [2.24, 2.45) is 23.2 Å². The number of carbonyl (C=O) groups excluding carboxylic acids is 1. The molecular weight excluding hydrogens is 396 g/mol. The standard InChI is InChI=1S/C25H33ClN2O2/c1-17-5-4-8-25(2)15-23-20(14-22(17)25)21(24(29)30-23)16-27-9-11-28(12-10-27)19-7-3-6-18(26)13-19/h3,6-7,13,20-23H,1,4-5,8-12,14-16H2,2H3/t20-,21-,22-,23-,25-/m1/s1. The van der Waals surface area contributed by atoms with Gasteiger partial charge in [0.05, 0.1) is 5.92 Å². The molecule has 0 unspecified atom stereocenters. The maximum Gasteiger partial charge on any atom is 0.310 e. The van der Waals surface area contributed by atoms with Gasteiger partial charge in [-0.2, -0.15) is 0 Å². The summed E-state index contributed by atoms with van der Waals surface area (Å²) in [6, 6.07) is 8.08. The van der Waals surface area contributed by atoms with Gasteiger partial charge in [0.1, 0.15) is 6.10 Å². The van der Waals surface area contributed by atoms with Gasteiger partial charge in [-0.05, 0) is 61.6 Å². The van der Waals surface area contributed by atoms with E-state index in [9.17, 15) is 4.79 Å². The summed E-state index contributed by atoms with van der Waals surface area (Å²) >= 11 is 6.16. The van der Waals surface area contributed by atoms with E-state index in [1.54, 1.807) is 0 Å². The minimum absolute atomic E-state index is 0.0204. The van der Waals surface area contributed by atoms with Crippen LogP contribution >= 0.6 is 11.6 Å². The number of ether oxygens (including phenoxy) is 1. The molecule has 5 rings (SSSR count). The maximum absolute atomic E-state index is 12.8. The fraction of sp³-hybridized carbons (Fsp3) is 0.640. The van der Waals surface area contributed by atoms with Gasteiger partial charge >= 0.3 is 5.97 Å². The van der Waals surface area contributed by atoms with Crippen LogP contribution in [0, 0.1) is 23.2 Å². The van der Waals surface area contributed by atoms with Crippen LogP contribution in [0.25, 0.3) is 0 Å². The van der Waals surface area contributed by atoms with E-state index in [1.165, 1.54) is 24.1 Å². The Morgan fingerprint density at radius 3 is 2.83 bits per heavy atom. The Balaban J connectivity index is 1.23. The highest BCUT2D eigenvalue weighted by atomic mass is 35.5. The summed E-state index contributed by atoms with van der Waals surface area (Å²) in [6.45, 7) is 11.5. The molecule has 0 amide bonds. The van der Waals surface area contributed by atoms with Crippen LogP contribution in [0.2, 0.25) is 5.02 Å². The van der Waals surface area contributed by atoms with E-state index in [0.717, 1.165) is 57.0 Å². The number of hydrogen-bond donors (Lipinski definition) is 0. The summed E-state index contributed by atoms with van der Waals surface area (Å²) < 4.78 is 5.95. The Morgan fingerprint density at radius 1 is 1.27 bits per heavy atom. The Bertz CT molecular complexity index is 834. The topological polar surface area (TPSA) is 32.8 Å². The first-order valence-electron chi connectivity index (χ1n) is 11.5. The normalized spacial score (nSPS) is 36.9. The Morgan fingerprint density at radius 2 is 2.07 bits per heavy atom. The molecule has 1 aromatic carbocycles. The van der Waals surface area contributed by atoms with E-state index < -0.39 is 0 Å². The predicted octanol–water partition coefficient (Wildman–Crippen LogP) is 4.78. The van der Waals surface area contributed by atoms with Crippen LogP contribution in [0.5, 0.6) is 0 Å². The second-order valence-corrected chi connectivity index (χ2v) is 10.6. The Labute approximate surface area is 185 Å². The molecule has 0 radical (unpaired) electrons. The highest BCUT2D eigenvalue weighted by Crippen LogP contribution is 2.56. The van der Waals surface area contributed by atoms with Crippen molar-refractivity contribution in [3.05, 3.63) is 41.4 Å². The lowest BCUT2D eigenvalue weighted by atomic mass is 9.55. The molecule has 5 heteroatoms. The van der Waals surface area contributed by atoms with Crippen molar-refractivity contribution in [2.75, 3.05) is 37.6 Å². The number of hydrogen-bond acceptors (Lipinski definition) is 4. The van der Waals surface area contributed by atoms with E-state index in [2.05, 4.69) is 29.4 Å². The molecule has 0 aromatic heterocycles. The predicted molar refractivity (Wildman–Crippen MR) is 121 cm³/mol. The SMILES string of the molecule is C=C1CCC[C@]2(C)C[C@H]3OC(=O)[C@H](CN4CCN(c5cccc(Cl)c5)CC4)[C@H]3C[C@H]12. The van der Waals surface area contributed by atoms with Crippen molar-refractivity contribution in [3.63, 3.8) is 0 Å². The highest BCUT2D eigenvalue weighted by Gasteiger charge is 2.55. The third-order valence-electron chi connectivity index (χ3n) is 8.32. The monoisotopic (exact) mass is 428 g/mol.